The SMILES string of the molecule is CCCCCCCCCCn1ccnc1C(CCCC)C(C)(Cc1ccccc1)c1ccccc1. The van der Waals surface area contributed by atoms with Gasteiger partial charge >= 0.3 is 0 Å². The number of nitrogens with zero attached hydrogens (tertiary/aromatic N) is 2. The molecule has 0 amide bonds. The quantitative estimate of drug-likeness (QED) is 0.179. The third-order valence-electron chi connectivity index (χ3n) is 7.77. The second-order valence-corrected chi connectivity index (χ2v) is 10.6. The topological polar surface area (TPSA) is 17.8 Å². The average molecular weight is 473 g/mol. The average Bonchev–Trinajstić information content (AvgIpc) is 3.35. The Morgan fingerprint density at radius 2 is 1.34 bits per heavy atom. The Kier molecular flexibility index (Phi) is 11.6. The number of unbranched alkanes of at least 4 members (excludes halogenated alkanes) is 8. The number of rotatable bonds is 17. The Bertz CT molecular complexity index is 930. The van der Waals surface area contributed by atoms with Gasteiger partial charge in [0, 0.05) is 30.3 Å². The van der Waals surface area contributed by atoms with Gasteiger partial charge in [-0.15, -0.1) is 0 Å². The Morgan fingerprint density at radius 1 is 0.743 bits per heavy atom. The van der Waals surface area contributed by atoms with Crippen LogP contribution >= 0.6 is 0 Å². The van der Waals surface area contributed by atoms with Crippen LogP contribution in [0.25, 0.3) is 0 Å². The van der Waals surface area contributed by atoms with E-state index in [0.717, 1.165) is 13.0 Å². The molecule has 0 aliphatic rings. The molecule has 35 heavy (non-hydrogen) atoms. The molecule has 2 atom stereocenters. The Morgan fingerprint density at radius 3 is 2.00 bits per heavy atom. The minimum atomic E-state index is -0.0137. The predicted molar refractivity (Wildman–Crippen MR) is 151 cm³/mol. The zero-order valence-electron chi connectivity index (χ0n) is 22.6. The van der Waals surface area contributed by atoms with Crippen LogP contribution in [0.2, 0.25) is 0 Å². The third kappa shape index (κ3) is 8.09. The first kappa shape index (κ1) is 27.2. The van der Waals surface area contributed by atoms with Gasteiger partial charge in [0.1, 0.15) is 5.82 Å². The lowest BCUT2D eigenvalue weighted by Gasteiger charge is -2.39. The van der Waals surface area contributed by atoms with Gasteiger partial charge in [0.15, 0.2) is 0 Å². The van der Waals surface area contributed by atoms with Crippen molar-refractivity contribution in [3.05, 3.63) is 90.0 Å². The molecule has 0 radical (unpaired) electrons. The van der Waals surface area contributed by atoms with Crippen LogP contribution in [0, 0.1) is 0 Å². The molecule has 2 heteroatoms. The Labute approximate surface area is 215 Å². The number of hydrogen-bond donors (Lipinski definition) is 0. The zero-order valence-corrected chi connectivity index (χ0v) is 22.6. The number of hydrogen-bond acceptors (Lipinski definition) is 1. The van der Waals surface area contributed by atoms with Crippen LogP contribution in [0.1, 0.15) is 114 Å². The van der Waals surface area contributed by atoms with Crippen molar-refractivity contribution in [2.75, 3.05) is 0 Å². The van der Waals surface area contributed by atoms with Crippen LogP contribution in [0.15, 0.2) is 73.1 Å². The summed E-state index contributed by atoms with van der Waals surface area (Å²) in [5.41, 5.74) is 2.81. The molecule has 0 bridgehead atoms. The first-order chi connectivity index (χ1) is 17.2. The van der Waals surface area contributed by atoms with Crippen molar-refractivity contribution < 1.29 is 0 Å². The van der Waals surface area contributed by atoms with E-state index in [1.54, 1.807) is 0 Å². The summed E-state index contributed by atoms with van der Waals surface area (Å²) in [6.45, 7) is 8.16. The molecule has 2 aromatic carbocycles. The molecule has 2 unspecified atom stereocenters. The van der Waals surface area contributed by atoms with Crippen molar-refractivity contribution >= 4 is 0 Å². The van der Waals surface area contributed by atoms with Gasteiger partial charge in [-0.05, 0) is 30.4 Å². The van der Waals surface area contributed by atoms with E-state index in [1.165, 1.54) is 87.6 Å². The maximum Gasteiger partial charge on any atom is 0.112 e. The Hall–Kier alpha value is -2.35. The summed E-state index contributed by atoms with van der Waals surface area (Å²) >= 11 is 0. The van der Waals surface area contributed by atoms with Crippen molar-refractivity contribution in [1.82, 2.24) is 9.55 Å². The predicted octanol–water partition coefficient (Wildman–Crippen LogP) is 9.50. The van der Waals surface area contributed by atoms with Crippen LogP contribution in [-0.4, -0.2) is 9.55 Å². The fourth-order valence-electron chi connectivity index (χ4n) is 5.64. The summed E-state index contributed by atoms with van der Waals surface area (Å²) in [5.74, 6) is 1.66. The highest BCUT2D eigenvalue weighted by Crippen LogP contribution is 2.44. The van der Waals surface area contributed by atoms with Crippen molar-refractivity contribution in [1.29, 1.82) is 0 Å². The van der Waals surface area contributed by atoms with Crippen molar-refractivity contribution in [3.8, 4) is 0 Å². The first-order valence-corrected chi connectivity index (χ1v) is 14.3. The maximum atomic E-state index is 5.01. The summed E-state index contributed by atoms with van der Waals surface area (Å²) in [4.78, 5) is 5.01. The van der Waals surface area contributed by atoms with Gasteiger partial charge in [0.2, 0.25) is 0 Å². The third-order valence-corrected chi connectivity index (χ3v) is 7.77. The molecule has 0 N–H and O–H groups in total. The standard InChI is InChI=1S/C33H48N2/c1-4-6-8-9-10-11-12-19-26-35-27-25-34-32(35)31(24-7-5-2)33(3,30-22-17-14-18-23-30)28-29-20-15-13-16-21-29/h13-18,20-23,25,27,31H,4-12,19,24,26,28H2,1-3H3. The molecule has 3 aromatic rings. The van der Waals surface area contributed by atoms with E-state index < -0.39 is 0 Å². The highest BCUT2D eigenvalue weighted by molar-refractivity contribution is 5.33. The molecule has 0 spiro atoms. The number of imidazole rings is 1. The molecule has 1 heterocycles. The van der Waals surface area contributed by atoms with Crippen LogP contribution in [0.4, 0.5) is 0 Å². The van der Waals surface area contributed by atoms with E-state index in [4.69, 9.17) is 4.98 Å². The van der Waals surface area contributed by atoms with E-state index in [-0.39, 0.29) is 5.41 Å². The monoisotopic (exact) mass is 472 g/mol. The zero-order chi connectivity index (χ0) is 24.8. The molecular weight excluding hydrogens is 424 g/mol. The van der Waals surface area contributed by atoms with Gasteiger partial charge in [-0.1, -0.05) is 139 Å². The first-order valence-electron chi connectivity index (χ1n) is 14.3. The summed E-state index contributed by atoms with van der Waals surface area (Å²) < 4.78 is 2.48. The second kappa shape index (κ2) is 14.9. The largest absolute Gasteiger partial charge is 0.335 e. The smallest absolute Gasteiger partial charge is 0.112 e. The molecule has 190 valence electrons. The fourth-order valence-corrected chi connectivity index (χ4v) is 5.64. The molecule has 0 aliphatic carbocycles. The van der Waals surface area contributed by atoms with E-state index in [1.807, 2.05) is 6.20 Å². The molecule has 0 aliphatic heterocycles. The lowest BCUT2D eigenvalue weighted by atomic mass is 9.66. The summed E-state index contributed by atoms with van der Waals surface area (Å²) in [6, 6.07) is 22.2. The fraction of sp³-hybridized carbons (Fsp3) is 0.545. The van der Waals surface area contributed by atoms with Gasteiger partial charge in [-0.3, -0.25) is 0 Å². The van der Waals surface area contributed by atoms with E-state index in [2.05, 4.69) is 92.2 Å². The van der Waals surface area contributed by atoms with Crippen molar-refractivity contribution in [2.24, 2.45) is 0 Å². The summed E-state index contributed by atoms with van der Waals surface area (Å²) in [7, 11) is 0. The van der Waals surface area contributed by atoms with Crippen LogP contribution in [-0.2, 0) is 18.4 Å². The van der Waals surface area contributed by atoms with Gasteiger partial charge in [0.25, 0.3) is 0 Å². The molecule has 1 aromatic heterocycles. The molecule has 3 rings (SSSR count). The van der Waals surface area contributed by atoms with Crippen LogP contribution in [0.5, 0.6) is 0 Å². The lowest BCUT2D eigenvalue weighted by Crippen LogP contribution is -2.35. The highest BCUT2D eigenvalue weighted by Gasteiger charge is 2.39. The molecule has 2 nitrogen and oxygen atoms in total. The number of benzene rings is 2. The van der Waals surface area contributed by atoms with Crippen LogP contribution in [0.3, 0.4) is 0 Å². The van der Waals surface area contributed by atoms with Crippen molar-refractivity contribution in [3.63, 3.8) is 0 Å². The van der Waals surface area contributed by atoms with Gasteiger partial charge in [-0.25, -0.2) is 4.98 Å². The number of aryl methyl sites for hydroxylation is 1. The summed E-state index contributed by atoms with van der Waals surface area (Å²) in [5, 5.41) is 0. The highest BCUT2D eigenvalue weighted by atomic mass is 15.1. The normalized spacial score (nSPS) is 14.0. The molecule has 0 saturated carbocycles. The second-order valence-electron chi connectivity index (χ2n) is 10.6. The number of aromatic nitrogens is 2. The van der Waals surface area contributed by atoms with Crippen LogP contribution < -0.4 is 0 Å². The van der Waals surface area contributed by atoms with Gasteiger partial charge in [-0.2, -0.15) is 0 Å². The molecule has 0 saturated heterocycles. The van der Waals surface area contributed by atoms with Gasteiger partial charge in [0.05, 0.1) is 0 Å². The van der Waals surface area contributed by atoms with E-state index in [9.17, 15) is 0 Å². The van der Waals surface area contributed by atoms with Crippen molar-refractivity contribution in [2.45, 2.75) is 116 Å². The molecule has 0 fully saturated rings. The Balaban J connectivity index is 1.79. The van der Waals surface area contributed by atoms with E-state index >= 15 is 0 Å². The van der Waals surface area contributed by atoms with E-state index in [0.29, 0.717) is 5.92 Å². The summed E-state index contributed by atoms with van der Waals surface area (Å²) in [6.07, 6.45) is 19.7. The minimum Gasteiger partial charge on any atom is -0.335 e. The van der Waals surface area contributed by atoms with Gasteiger partial charge < -0.3 is 4.57 Å². The minimum absolute atomic E-state index is 0.0137. The maximum absolute atomic E-state index is 5.01. The molecular formula is C33H48N2. The lowest BCUT2D eigenvalue weighted by molar-refractivity contribution is 0.324.